The maximum absolute atomic E-state index is 4.79. The number of hydrogen-bond acceptors (Lipinski definition) is 1. The third-order valence-electron chi connectivity index (χ3n) is 3.83. The Morgan fingerprint density at radius 3 is 2.00 bits per heavy atom. The summed E-state index contributed by atoms with van der Waals surface area (Å²) in [7, 11) is 0. The summed E-state index contributed by atoms with van der Waals surface area (Å²) < 4.78 is 0. The van der Waals surface area contributed by atoms with E-state index in [0.29, 0.717) is 10.7 Å². The van der Waals surface area contributed by atoms with Gasteiger partial charge in [0.15, 0.2) is 0 Å². The Morgan fingerprint density at radius 1 is 1.07 bits per heavy atom. The van der Waals surface area contributed by atoms with Gasteiger partial charge in [-0.3, -0.25) is 0 Å². The summed E-state index contributed by atoms with van der Waals surface area (Å²) in [4.78, 5) is 0. The highest BCUT2D eigenvalue weighted by Crippen LogP contribution is 2.34. The molecule has 0 bridgehead atoms. The molecule has 0 fully saturated rings. The molecule has 0 nitrogen and oxygen atoms in total. The van der Waals surface area contributed by atoms with Crippen LogP contribution >= 0.6 is 12.6 Å². The minimum atomic E-state index is 0.397. The van der Waals surface area contributed by atoms with Crippen molar-refractivity contribution >= 4 is 12.6 Å². The highest BCUT2D eigenvalue weighted by atomic mass is 32.1. The maximum Gasteiger partial charge on any atom is 0.00681 e. The Kier molecular flexibility index (Phi) is 6.99. The Balaban J connectivity index is 3.97. The van der Waals surface area contributed by atoms with Gasteiger partial charge in [-0.05, 0) is 36.5 Å². The van der Waals surface area contributed by atoms with E-state index >= 15 is 0 Å². The van der Waals surface area contributed by atoms with E-state index in [1.807, 2.05) is 0 Å². The molecule has 0 aromatic rings. The molecule has 0 amide bonds. The molecule has 0 saturated heterocycles. The SMILES string of the molecule is CCCC(C)(C)C(S)CCC(C)C(C)C. The van der Waals surface area contributed by atoms with Crippen LogP contribution < -0.4 is 0 Å². The van der Waals surface area contributed by atoms with E-state index in [0.717, 1.165) is 11.8 Å². The fraction of sp³-hybridized carbons (Fsp3) is 1.00. The van der Waals surface area contributed by atoms with E-state index in [2.05, 4.69) is 41.5 Å². The van der Waals surface area contributed by atoms with Gasteiger partial charge in [-0.25, -0.2) is 0 Å². The second-order valence-electron chi connectivity index (χ2n) is 6.05. The van der Waals surface area contributed by atoms with Gasteiger partial charge in [0.25, 0.3) is 0 Å². The Labute approximate surface area is 103 Å². The minimum absolute atomic E-state index is 0.397. The first kappa shape index (κ1) is 15.3. The molecule has 92 valence electrons. The van der Waals surface area contributed by atoms with Gasteiger partial charge in [-0.1, -0.05) is 48.0 Å². The van der Waals surface area contributed by atoms with Crippen LogP contribution in [0.3, 0.4) is 0 Å². The van der Waals surface area contributed by atoms with Gasteiger partial charge in [0.2, 0.25) is 0 Å². The van der Waals surface area contributed by atoms with Crippen molar-refractivity contribution in [1.82, 2.24) is 0 Å². The van der Waals surface area contributed by atoms with Crippen LogP contribution in [0.15, 0.2) is 0 Å². The lowest BCUT2D eigenvalue weighted by Gasteiger charge is -2.32. The lowest BCUT2D eigenvalue weighted by atomic mass is 9.80. The van der Waals surface area contributed by atoms with E-state index in [-0.39, 0.29) is 0 Å². The van der Waals surface area contributed by atoms with Gasteiger partial charge < -0.3 is 0 Å². The predicted octanol–water partition coefficient (Wildman–Crippen LogP) is 5.18. The summed E-state index contributed by atoms with van der Waals surface area (Å²) >= 11 is 4.79. The monoisotopic (exact) mass is 230 g/mol. The normalized spacial score (nSPS) is 16.8. The Morgan fingerprint density at radius 2 is 1.60 bits per heavy atom. The maximum atomic E-state index is 4.79. The first-order valence-electron chi connectivity index (χ1n) is 6.49. The summed E-state index contributed by atoms with van der Waals surface area (Å²) in [6, 6.07) is 0. The van der Waals surface area contributed by atoms with Crippen LogP contribution in [-0.2, 0) is 0 Å². The first-order chi connectivity index (χ1) is 6.81. The lowest BCUT2D eigenvalue weighted by molar-refractivity contribution is 0.284. The molecular weight excluding hydrogens is 200 g/mol. The molecule has 1 heteroatoms. The Hall–Kier alpha value is 0.350. The molecule has 0 aliphatic heterocycles. The van der Waals surface area contributed by atoms with Crippen molar-refractivity contribution in [2.24, 2.45) is 17.3 Å². The fourth-order valence-corrected chi connectivity index (χ4v) is 2.23. The molecule has 15 heavy (non-hydrogen) atoms. The van der Waals surface area contributed by atoms with Crippen LogP contribution in [0.25, 0.3) is 0 Å². The van der Waals surface area contributed by atoms with Crippen molar-refractivity contribution in [3.63, 3.8) is 0 Å². The average Bonchev–Trinajstić information content (AvgIpc) is 2.13. The molecule has 2 unspecified atom stereocenters. The first-order valence-corrected chi connectivity index (χ1v) is 7.01. The third-order valence-corrected chi connectivity index (χ3v) is 4.79. The standard InChI is InChI=1S/C14H30S/c1-7-10-14(5,6)13(15)9-8-12(4)11(2)3/h11-13,15H,7-10H2,1-6H3. The fourth-order valence-electron chi connectivity index (χ4n) is 1.96. The highest BCUT2D eigenvalue weighted by molar-refractivity contribution is 7.81. The minimum Gasteiger partial charge on any atom is -0.175 e. The van der Waals surface area contributed by atoms with Crippen LogP contribution in [-0.4, -0.2) is 5.25 Å². The summed E-state index contributed by atoms with van der Waals surface area (Å²) in [5.74, 6) is 1.64. The average molecular weight is 230 g/mol. The topological polar surface area (TPSA) is 0 Å². The molecule has 0 spiro atoms. The molecule has 0 aromatic carbocycles. The molecule has 0 heterocycles. The second-order valence-corrected chi connectivity index (χ2v) is 6.68. The summed E-state index contributed by atoms with van der Waals surface area (Å²) in [5, 5.41) is 0.554. The molecule has 0 rings (SSSR count). The van der Waals surface area contributed by atoms with Crippen LogP contribution in [0.5, 0.6) is 0 Å². The van der Waals surface area contributed by atoms with E-state index < -0.39 is 0 Å². The van der Waals surface area contributed by atoms with Crippen molar-refractivity contribution in [2.45, 2.75) is 72.5 Å². The summed E-state index contributed by atoms with van der Waals surface area (Å²) in [6.07, 6.45) is 5.13. The van der Waals surface area contributed by atoms with Gasteiger partial charge in [0.05, 0.1) is 0 Å². The molecule has 0 aliphatic carbocycles. The zero-order valence-corrected chi connectivity index (χ0v) is 12.4. The molecule has 2 atom stereocenters. The van der Waals surface area contributed by atoms with Crippen molar-refractivity contribution in [3.8, 4) is 0 Å². The van der Waals surface area contributed by atoms with Crippen LogP contribution in [0.4, 0.5) is 0 Å². The summed E-state index contributed by atoms with van der Waals surface area (Å²) in [5.41, 5.74) is 0.397. The zero-order chi connectivity index (χ0) is 12.1. The molecule has 0 saturated carbocycles. The molecule has 0 aromatic heterocycles. The molecule has 0 aliphatic rings. The smallest absolute Gasteiger partial charge is 0.00681 e. The van der Waals surface area contributed by atoms with Crippen molar-refractivity contribution in [3.05, 3.63) is 0 Å². The second kappa shape index (κ2) is 6.83. The van der Waals surface area contributed by atoms with E-state index in [9.17, 15) is 0 Å². The van der Waals surface area contributed by atoms with Gasteiger partial charge >= 0.3 is 0 Å². The van der Waals surface area contributed by atoms with Gasteiger partial charge in [0, 0.05) is 5.25 Å². The van der Waals surface area contributed by atoms with Crippen molar-refractivity contribution < 1.29 is 0 Å². The molecule has 0 N–H and O–H groups in total. The van der Waals surface area contributed by atoms with Gasteiger partial charge in [-0.2, -0.15) is 12.6 Å². The number of thiol groups is 1. The molecule has 0 radical (unpaired) electrons. The predicted molar refractivity (Wildman–Crippen MR) is 74.7 cm³/mol. The third kappa shape index (κ3) is 5.85. The number of hydrogen-bond donors (Lipinski definition) is 1. The van der Waals surface area contributed by atoms with Gasteiger partial charge in [0.1, 0.15) is 0 Å². The van der Waals surface area contributed by atoms with Crippen molar-refractivity contribution in [2.75, 3.05) is 0 Å². The summed E-state index contributed by atoms with van der Waals surface area (Å²) in [6.45, 7) is 14.0. The van der Waals surface area contributed by atoms with Gasteiger partial charge in [-0.15, -0.1) is 0 Å². The zero-order valence-electron chi connectivity index (χ0n) is 11.5. The number of rotatable bonds is 7. The quantitative estimate of drug-likeness (QED) is 0.572. The lowest BCUT2D eigenvalue weighted by Crippen LogP contribution is -2.25. The largest absolute Gasteiger partial charge is 0.175 e. The van der Waals surface area contributed by atoms with E-state index in [4.69, 9.17) is 12.6 Å². The Bertz CT molecular complexity index is 161. The molecular formula is C14H30S. The van der Waals surface area contributed by atoms with Crippen LogP contribution in [0.1, 0.15) is 67.2 Å². The van der Waals surface area contributed by atoms with Crippen LogP contribution in [0.2, 0.25) is 0 Å². The van der Waals surface area contributed by atoms with Crippen LogP contribution in [0, 0.1) is 17.3 Å². The van der Waals surface area contributed by atoms with E-state index in [1.165, 1.54) is 25.7 Å². The van der Waals surface area contributed by atoms with E-state index in [1.54, 1.807) is 0 Å². The highest BCUT2D eigenvalue weighted by Gasteiger charge is 2.25. The van der Waals surface area contributed by atoms with Crippen molar-refractivity contribution in [1.29, 1.82) is 0 Å².